The normalized spacial score (nSPS) is 31.6. The molecule has 0 spiro atoms. The lowest BCUT2D eigenvalue weighted by molar-refractivity contribution is -0.134. The minimum atomic E-state index is 0.333. The van der Waals surface area contributed by atoms with Crippen LogP contribution in [0.5, 0.6) is 0 Å². The van der Waals surface area contributed by atoms with Crippen molar-refractivity contribution in [3.63, 3.8) is 0 Å². The van der Waals surface area contributed by atoms with E-state index < -0.39 is 0 Å². The Kier molecular flexibility index (Phi) is 5.71. The average Bonchev–Trinajstić information content (AvgIpc) is 3.02. The van der Waals surface area contributed by atoms with Gasteiger partial charge in [0.2, 0.25) is 5.91 Å². The van der Waals surface area contributed by atoms with Crippen LogP contribution in [-0.4, -0.2) is 85.7 Å². The van der Waals surface area contributed by atoms with Gasteiger partial charge in [0.05, 0.1) is 12.6 Å². The first kappa shape index (κ1) is 16.2. The summed E-state index contributed by atoms with van der Waals surface area (Å²) < 4.78 is 5.72. The Balaban J connectivity index is 1.37. The number of hydrogen-bond acceptors (Lipinski definition) is 4. The van der Waals surface area contributed by atoms with E-state index in [4.69, 9.17) is 4.74 Å². The maximum absolute atomic E-state index is 12.4. The molecule has 22 heavy (non-hydrogen) atoms. The summed E-state index contributed by atoms with van der Waals surface area (Å²) in [4.78, 5) is 19.3. The first-order valence-corrected chi connectivity index (χ1v) is 9.05. The van der Waals surface area contributed by atoms with E-state index in [-0.39, 0.29) is 0 Å². The molecule has 2 unspecified atom stereocenters. The van der Waals surface area contributed by atoms with E-state index >= 15 is 0 Å². The molecule has 3 fully saturated rings. The van der Waals surface area contributed by atoms with Crippen molar-refractivity contribution < 1.29 is 9.53 Å². The van der Waals surface area contributed by atoms with E-state index in [1.54, 1.807) is 0 Å². The molecule has 3 heterocycles. The lowest BCUT2D eigenvalue weighted by Gasteiger charge is -2.37. The van der Waals surface area contributed by atoms with Gasteiger partial charge >= 0.3 is 0 Å². The van der Waals surface area contributed by atoms with E-state index in [9.17, 15) is 4.79 Å². The molecule has 5 heteroatoms. The number of piperidine rings is 1. The fourth-order valence-electron chi connectivity index (χ4n) is 3.91. The van der Waals surface area contributed by atoms with Crippen molar-refractivity contribution in [2.24, 2.45) is 5.92 Å². The van der Waals surface area contributed by atoms with Gasteiger partial charge in [0.15, 0.2) is 0 Å². The van der Waals surface area contributed by atoms with Gasteiger partial charge in [0.1, 0.15) is 0 Å². The highest BCUT2D eigenvalue weighted by atomic mass is 16.5. The summed E-state index contributed by atoms with van der Waals surface area (Å²) in [5.74, 6) is 1.00. The highest BCUT2D eigenvalue weighted by Gasteiger charge is 2.26. The van der Waals surface area contributed by atoms with Crippen molar-refractivity contribution >= 4 is 5.91 Å². The molecule has 0 aliphatic carbocycles. The van der Waals surface area contributed by atoms with Crippen molar-refractivity contribution in [3.8, 4) is 0 Å². The van der Waals surface area contributed by atoms with Crippen molar-refractivity contribution in [1.82, 2.24) is 14.7 Å². The van der Waals surface area contributed by atoms with Gasteiger partial charge < -0.3 is 9.64 Å². The Morgan fingerprint density at radius 3 is 2.50 bits per heavy atom. The number of rotatable bonds is 4. The van der Waals surface area contributed by atoms with Crippen LogP contribution in [0.3, 0.4) is 0 Å². The smallest absolute Gasteiger partial charge is 0.236 e. The van der Waals surface area contributed by atoms with Crippen LogP contribution in [0.1, 0.15) is 32.6 Å². The Labute approximate surface area is 134 Å². The molecule has 5 nitrogen and oxygen atoms in total. The maximum atomic E-state index is 12.4. The Bertz CT molecular complexity index is 363. The average molecular weight is 309 g/mol. The second-order valence-corrected chi connectivity index (χ2v) is 7.30. The van der Waals surface area contributed by atoms with E-state index in [0.717, 1.165) is 52.4 Å². The molecule has 0 radical (unpaired) electrons. The molecule has 3 rings (SSSR count). The molecule has 0 aromatic carbocycles. The quantitative estimate of drug-likeness (QED) is 0.777. The molecule has 126 valence electrons. The predicted octanol–water partition coefficient (Wildman–Crippen LogP) is 1.04. The SMILES string of the molecule is CC1CCCN(C(=O)CN2CCN(CC3CCCO3)CC2)C1. The molecule has 0 bridgehead atoms. The van der Waals surface area contributed by atoms with Crippen molar-refractivity contribution in [2.75, 3.05) is 59.0 Å². The Morgan fingerprint density at radius 2 is 1.82 bits per heavy atom. The summed E-state index contributed by atoms with van der Waals surface area (Å²) in [6.07, 6.45) is 5.32. The summed E-state index contributed by atoms with van der Waals surface area (Å²) in [6.45, 7) is 11.0. The molecule has 0 saturated carbocycles. The molecule has 1 amide bonds. The lowest BCUT2D eigenvalue weighted by atomic mass is 10.0. The first-order chi connectivity index (χ1) is 10.7. The third-order valence-electron chi connectivity index (χ3n) is 5.32. The molecular weight excluding hydrogens is 278 g/mol. The van der Waals surface area contributed by atoms with Crippen molar-refractivity contribution in [2.45, 2.75) is 38.7 Å². The summed E-state index contributed by atoms with van der Waals surface area (Å²) in [5, 5.41) is 0. The van der Waals surface area contributed by atoms with Gasteiger partial charge in [-0.25, -0.2) is 0 Å². The molecule has 3 aliphatic rings. The topological polar surface area (TPSA) is 36.0 Å². The zero-order chi connectivity index (χ0) is 15.4. The third-order valence-corrected chi connectivity index (χ3v) is 5.32. The van der Waals surface area contributed by atoms with Gasteiger partial charge in [0, 0.05) is 52.4 Å². The van der Waals surface area contributed by atoms with Crippen LogP contribution in [0.25, 0.3) is 0 Å². The number of carbonyl (C=O) groups is 1. The number of amides is 1. The second kappa shape index (κ2) is 7.75. The Hall–Kier alpha value is -0.650. The van der Waals surface area contributed by atoms with Gasteiger partial charge in [-0.2, -0.15) is 0 Å². The van der Waals surface area contributed by atoms with Crippen LogP contribution in [0, 0.1) is 5.92 Å². The standard InChI is InChI=1S/C17H31N3O2/c1-15-4-2-6-20(12-15)17(21)14-19-9-7-18(8-10-19)13-16-5-3-11-22-16/h15-16H,2-14H2,1H3. The van der Waals surface area contributed by atoms with Crippen LogP contribution in [0.4, 0.5) is 0 Å². The minimum Gasteiger partial charge on any atom is -0.377 e. The fourth-order valence-corrected chi connectivity index (χ4v) is 3.91. The zero-order valence-corrected chi connectivity index (χ0v) is 14.0. The van der Waals surface area contributed by atoms with Crippen LogP contribution >= 0.6 is 0 Å². The van der Waals surface area contributed by atoms with Gasteiger partial charge in [-0.3, -0.25) is 14.6 Å². The summed E-state index contributed by atoms with van der Waals surface area (Å²) in [7, 11) is 0. The highest BCUT2D eigenvalue weighted by molar-refractivity contribution is 5.78. The highest BCUT2D eigenvalue weighted by Crippen LogP contribution is 2.17. The largest absolute Gasteiger partial charge is 0.377 e. The molecule has 2 atom stereocenters. The van der Waals surface area contributed by atoms with Gasteiger partial charge in [-0.05, 0) is 31.6 Å². The van der Waals surface area contributed by atoms with Crippen molar-refractivity contribution in [1.29, 1.82) is 0 Å². The monoisotopic (exact) mass is 309 g/mol. The summed E-state index contributed by atoms with van der Waals surface area (Å²) in [6, 6.07) is 0. The van der Waals surface area contributed by atoms with Crippen LogP contribution in [0.15, 0.2) is 0 Å². The van der Waals surface area contributed by atoms with E-state index in [0.29, 0.717) is 24.5 Å². The molecule has 0 N–H and O–H groups in total. The Morgan fingerprint density at radius 1 is 1.05 bits per heavy atom. The number of carbonyl (C=O) groups excluding carboxylic acids is 1. The van der Waals surface area contributed by atoms with Gasteiger partial charge in [-0.15, -0.1) is 0 Å². The van der Waals surface area contributed by atoms with Crippen molar-refractivity contribution in [3.05, 3.63) is 0 Å². The lowest BCUT2D eigenvalue weighted by Crippen LogP contribution is -2.52. The van der Waals surface area contributed by atoms with E-state index in [2.05, 4.69) is 21.6 Å². The van der Waals surface area contributed by atoms with Gasteiger partial charge in [-0.1, -0.05) is 6.92 Å². The van der Waals surface area contributed by atoms with Crippen LogP contribution < -0.4 is 0 Å². The minimum absolute atomic E-state index is 0.333. The zero-order valence-electron chi connectivity index (χ0n) is 14.0. The predicted molar refractivity (Wildman–Crippen MR) is 86.8 cm³/mol. The molecule has 3 saturated heterocycles. The molecular formula is C17H31N3O2. The number of ether oxygens (including phenoxy) is 1. The molecule has 3 aliphatic heterocycles. The number of hydrogen-bond donors (Lipinski definition) is 0. The van der Waals surface area contributed by atoms with Gasteiger partial charge in [0.25, 0.3) is 0 Å². The molecule has 0 aromatic heterocycles. The third kappa shape index (κ3) is 4.43. The van der Waals surface area contributed by atoms with Crippen LogP contribution in [0.2, 0.25) is 0 Å². The summed E-state index contributed by atoms with van der Waals surface area (Å²) in [5.41, 5.74) is 0. The number of piperazine rings is 1. The van der Waals surface area contributed by atoms with E-state index in [1.165, 1.54) is 25.7 Å². The maximum Gasteiger partial charge on any atom is 0.236 e. The number of likely N-dealkylation sites (tertiary alicyclic amines) is 1. The van der Waals surface area contributed by atoms with E-state index in [1.807, 2.05) is 0 Å². The fraction of sp³-hybridized carbons (Fsp3) is 0.941. The molecule has 0 aromatic rings. The van der Waals surface area contributed by atoms with Crippen LogP contribution in [-0.2, 0) is 9.53 Å². The second-order valence-electron chi connectivity index (χ2n) is 7.30. The first-order valence-electron chi connectivity index (χ1n) is 9.05. The summed E-state index contributed by atoms with van der Waals surface area (Å²) >= 11 is 0. The number of nitrogens with zero attached hydrogens (tertiary/aromatic N) is 3.